The zero-order valence-corrected chi connectivity index (χ0v) is 13.5. The molecule has 6 heteroatoms. The van der Waals surface area contributed by atoms with Crippen LogP contribution in [0.2, 0.25) is 0 Å². The lowest BCUT2D eigenvalue weighted by atomic mass is 10.1. The van der Waals surface area contributed by atoms with Crippen molar-refractivity contribution in [1.29, 1.82) is 5.26 Å². The van der Waals surface area contributed by atoms with Crippen molar-refractivity contribution in [3.8, 4) is 6.07 Å². The van der Waals surface area contributed by atoms with E-state index in [0.29, 0.717) is 5.56 Å². The molecule has 3 heterocycles. The van der Waals surface area contributed by atoms with Crippen molar-refractivity contribution in [2.45, 2.75) is 20.4 Å². The molecule has 1 saturated heterocycles. The summed E-state index contributed by atoms with van der Waals surface area (Å²) in [7, 11) is 0. The molecule has 0 radical (unpaired) electrons. The van der Waals surface area contributed by atoms with Gasteiger partial charge in [0.2, 0.25) is 0 Å². The Labute approximate surface area is 136 Å². The molecule has 0 aromatic carbocycles. The van der Waals surface area contributed by atoms with E-state index in [1.54, 1.807) is 0 Å². The number of hydrogen-bond donors (Lipinski definition) is 0. The number of nitriles is 1. The molecule has 0 bridgehead atoms. The van der Waals surface area contributed by atoms with Crippen molar-refractivity contribution < 1.29 is 0 Å². The van der Waals surface area contributed by atoms with E-state index in [4.69, 9.17) is 0 Å². The zero-order valence-electron chi connectivity index (χ0n) is 13.5. The second kappa shape index (κ2) is 6.71. The molecule has 1 aliphatic heterocycles. The first-order valence-electron chi connectivity index (χ1n) is 7.79. The van der Waals surface area contributed by atoms with Gasteiger partial charge in [-0.25, -0.2) is 0 Å². The van der Waals surface area contributed by atoms with Crippen molar-refractivity contribution >= 4 is 5.82 Å². The summed E-state index contributed by atoms with van der Waals surface area (Å²) in [5, 5.41) is 17.9. The smallest absolute Gasteiger partial charge is 0.169 e. The van der Waals surface area contributed by atoms with E-state index in [2.05, 4.69) is 43.2 Å². The van der Waals surface area contributed by atoms with Crippen LogP contribution in [0.15, 0.2) is 24.5 Å². The lowest BCUT2D eigenvalue weighted by Crippen LogP contribution is -2.46. The van der Waals surface area contributed by atoms with Gasteiger partial charge >= 0.3 is 0 Å². The number of anilines is 1. The van der Waals surface area contributed by atoms with E-state index in [1.807, 2.05) is 26.2 Å². The summed E-state index contributed by atoms with van der Waals surface area (Å²) in [6, 6.07) is 6.39. The van der Waals surface area contributed by atoms with E-state index in [-0.39, 0.29) is 0 Å². The number of piperazine rings is 1. The molecule has 2 aromatic heterocycles. The van der Waals surface area contributed by atoms with Gasteiger partial charge in [0.25, 0.3) is 0 Å². The molecular weight excluding hydrogens is 288 g/mol. The van der Waals surface area contributed by atoms with Crippen LogP contribution in [0.1, 0.15) is 22.4 Å². The van der Waals surface area contributed by atoms with Gasteiger partial charge in [0.1, 0.15) is 11.6 Å². The molecule has 0 unspecified atom stereocenters. The Kier molecular flexibility index (Phi) is 4.49. The van der Waals surface area contributed by atoms with Gasteiger partial charge in [0, 0.05) is 45.1 Å². The third kappa shape index (κ3) is 3.30. The SMILES string of the molecule is Cc1nnc(N2CCN(Cc3ccncc3)CC2)c(C#N)c1C. The highest BCUT2D eigenvalue weighted by atomic mass is 15.3. The maximum absolute atomic E-state index is 9.44. The average Bonchev–Trinajstić information content (AvgIpc) is 2.59. The molecule has 118 valence electrons. The molecule has 3 rings (SSSR count). The van der Waals surface area contributed by atoms with Crippen LogP contribution in [0, 0.1) is 25.2 Å². The highest BCUT2D eigenvalue weighted by Gasteiger charge is 2.22. The van der Waals surface area contributed by atoms with Crippen LogP contribution >= 0.6 is 0 Å². The zero-order chi connectivity index (χ0) is 16.2. The number of nitrogens with zero attached hydrogens (tertiary/aromatic N) is 6. The summed E-state index contributed by atoms with van der Waals surface area (Å²) in [5.41, 5.74) is 3.68. The van der Waals surface area contributed by atoms with Gasteiger partial charge in [-0.15, -0.1) is 5.10 Å². The Morgan fingerprint density at radius 1 is 1.09 bits per heavy atom. The van der Waals surface area contributed by atoms with E-state index in [0.717, 1.165) is 49.8 Å². The van der Waals surface area contributed by atoms with Crippen LogP contribution in [0.4, 0.5) is 5.82 Å². The van der Waals surface area contributed by atoms with Gasteiger partial charge < -0.3 is 4.90 Å². The van der Waals surface area contributed by atoms with Gasteiger partial charge in [0.05, 0.1) is 5.69 Å². The van der Waals surface area contributed by atoms with Crippen LogP contribution < -0.4 is 4.90 Å². The Morgan fingerprint density at radius 2 is 1.78 bits per heavy atom. The molecule has 1 aliphatic rings. The summed E-state index contributed by atoms with van der Waals surface area (Å²) >= 11 is 0. The predicted molar refractivity (Wildman–Crippen MR) is 87.9 cm³/mol. The summed E-state index contributed by atoms with van der Waals surface area (Å²) in [6.07, 6.45) is 3.66. The minimum absolute atomic E-state index is 0.653. The molecule has 0 amide bonds. The molecule has 6 nitrogen and oxygen atoms in total. The lowest BCUT2D eigenvalue weighted by molar-refractivity contribution is 0.249. The van der Waals surface area contributed by atoms with E-state index in [1.165, 1.54) is 5.56 Å². The second-order valence-electron chi connectivity index (χ2n) is 5.84. The molecule has 0 atom stereocenters. The van der Waals surface area contributed by atoms with Crippen molar-refractivity contribution in [3.63, 3.8) is 0 Å². The topological polar surface area (TPSA) is 68.9 Å². The number of rotatable bonds is 3. The maximum Gasteiger partial charge on any atom is 0.169 e. The number of hydrogen-bond acceptors (Lipinski definition) is 6. The third-order valence-electron chi connectivity index (χ3n) is 4.38. The molecule has 23 heavy (non-hydrogen) atoms. The van der Waals surface area contributed by atoms with Gasteiger partial charge in [-0.3, -0.25) is 9.88 Å². The number of pyridine rings is 1. The van der Waals surface area contributed by atoms with Crippen molar-refractivity contribution in [1.82, 2.24) is 20.1 Å². The van der Waals surface area contributed by atoms with Gasteiger partial charge in [-0.1, -0.05) is 0 Å². The van der Waals surface area contributed by atoms with Crippen LogP contribution in [0.3, 0.4) is 0 Å². The Hall–Kier alpha value is -2.52. The lowest BCUT2D eigenvalue weighted by Gasteiger charge is -2.35. The van der Waals surface area contributed by atoms with Gasteiger partial charge in [0.15, 0.2) is 5.82 Å². The quantitative estimate of drug-likeness (QED) is 0.859. The van der Waals surface area contributed by atoms with E-state index < -0.39 is 0 Å². The largest absolute Gasteiger partial charge is 0.351 e. The van der Waals surface area contributed by atoms with E-state index >= 15 is 0 Å². The fraction of sp³-hybridized carbons (Fsp3) is 0.412. The first-order valence-corrected chi connectivity index (χ1v) is 7.79. The predicted octanol–water partition coefficient (Wildman–Crippen LogP) is 1.68. The van der Waals surface area contributed by atoms with Gasteiger partial charge in [-0.05, 0) is 37.1 Å². The van der Waals surface area contributed by atoms with Gasteiger partial charge in [-0.2, -0.15) is 10.4 Å². The van der Waals surface area contributed by atoms with Crippen molar-refractivity contribution in [2.75, 3.05) is 31.1 Å². The van der Waals surface area contributed by atoms with Crippen LogP contribution in [0.5, 0.6) is 0 Å². The standard InChI is InChI=1S/C17H20N6/c1-13-14(2)20-21-17(16(13)11-18)23-9-7-22(8-10-23)12-15-3-5-19-6-4-15/h3-6H,7-10,12H2,1-2H3. The summed E-state index contributed by atoms with van der Waals surface area (Å²) < 4.78 is 0. The Balaban J connectivity index is 1.68. The molecule has 1 fully saturated rings. The first-order chi connectivity index (χ1) is 11.2. The third-order valence-corrected chi connectivity index (χ3v) is 4.38. The summed E-state index contributed by atoms with van der Waals surface area (Å²) in [4.78, 5) is 8.63. The Morgan fingerprint density at radius 3 is 2.43 bits per heavy atom. The summed E-state index contributed by atoms with van der Waals surface area (Å²) in [6.45, 7) is 8.36. The minimum atomic E-state index is 0.653. The number of aryl methyl sites for hydroxylation is 1. The summed E-state index contributed by atoms with van der Waals surface area (Å²) in [5.74, 6) is 0.721. The van der Waals surface area contributed by atoms with Crippen LogP contribution in [-0.4, -0.2) is 46.3 Å². The monoisotopic (exact) mass is 308 g/mol. The molecule has 0 N–H and O–H groups in total. The van der Waals surface area contributed by atoms with Crippen LogP contribution in [0.25, 0.3) is 0 Å². The molecule has 0 spiro atoms. The van der Waals surface area contributed by atoms with Crippen molar-refractivity contribution in [2.24, 2.45) is 0 Å². The Bertz CT molecular complexity index is 714. The highest BCUT2D eigenvalue weighted by molar-refractivity contribution is 5.57. The molecule has 0 saturated carbocycles. The normalized spacial score (nSPS) is 15.4. The average molecular weight is 308 g/mol. The molecule has 2 aromatic rings. The fourth-order valence-corrected chi connectivity index (χ4v) is 2.82. The van der Waals surface area contributed by atoms with Crippen molar-refractivity contribution in [3.05, 3.63) is 46.9 Å². The highest BCUT2D eigenvalue weighted by Crippen LogP contribution is 2.22. The molecule has 0 aliphatic carbocycles. The second-order valence-corrected chi connectivity index (χ2v) is 5.84. The minimum Gasteiger partial charge on any atom is -0.351 e. The first kappa shape index (κ1) is 15.4. The maximum atomic E-state index is 9.44. The fourth-order valence-electron chi connectivity index (χ4n) is 2.82. The molecular formula is C17H20N6. The van der Waals surface area contributed by atoms with Crippen LogP contribution in [-0.2, 0) is 6.54 Å². The number of aromatic nitrogens is 3. The van der Waals surface area contributed by atoms with E-state index in [9.17, 15) is 5.26 Å².